The van der Waals surface area contributed by atoms with E-state index < -0.39 is 0 Å². The average molecular weight is 231 g/mol. The summed E-state index contributed by atoms with van der Waals surface area (Å²) in [5.41, 5.74) is 3.64. The second-order valence-corrected chi connectivity index (χ2v) is 4.88. The molecule has 1 aromatic heterocycles. The van der Waals surface area contributed by atoms with E-state index in [0.29, 0.717) is 6.04 Å². The minimum atomic E-state index is 0.499. The largest absolute Gasteiger partial charge is 0.464 e. The molecule has 0 unspecified atom stereocenters. The summed E-state index contributed by atoms with van der Waals surface area (Å²) in [4.78, 5) is 0. The molecule has 2 nitrogen and oxygen atoms in total. The van der Waals surface area contributed by atoms with Crippen LogP contribution in [0.3, 0.4) is 0 Å². The molecule has 0 saturated heterocycles. The van der Waals surface area contributed by atoms with Gasteiger partial charge >= 0.3 is 0 Å². The molecule has 0 fully saturated rings. The highest BCUT2D eigenvalue weighted by atomic mass is 16.3. The van der Waals surface area contributed by atoms with Gasteiger partial charge in [-0.1, -0.05) is 33.3 Å². The Bertz CT molecular complexity index is 485. The van der Waals surface area contributed by atoms with Crippen LogP contribution in [0, 0.1) is 0 Å². The van der Waals surface area contributed by atoms with Crippen LogP contribution in [-0.4, -0.2) is 6.04 Å². The molecule has 0 aliphatic carbocycles. The van der Waals surface area contributed by atoms with Crippen LogP contribution in [0.1, 0.15) is 38.3 Å². The number of hydrogen-bond donors (Lipinski definition) is 1. The van der Waals surface area contributed by atoms with Crippen LogP contribution >= 0.6 is 0 Å². The Hall–Kier alpha value is -1.28. The van der Waals surface area contributed by atoms with E-state index in [4.69, 9.17) is 4.42 Å². The lowest BCUT2D eigenvalue weighted by Crippen LogP contribution is -2.21. The highest BCUT2D eigenvalue weighted by Gasteiger charge is 2.06. The third-order valence-electron chi connectivity index (χ3n) is 2.96. The topological polar surface area (TPSA) is 25.2 Å². The second-order valence-electron chi connectivity index (χ2n) is 4.88. The van der Waals surface area contributed by atoms with Crippen LogP contribution in [0.2, 0.25) is 0 Å². The molecule has 2 aromatic rings. The molecule has 17 heavy (non-hydrogen) atoms. The number of fused-ring (bicyclic) bond motifs is 1. The maximum atomic E-state index is 5.57. The molecule has 0 aliphatic heterocycles. The number of aryl methyl sites for hydroxylation is 1. The van der Waals surface area contributed by atoms with Crippen molar-refractivity contribution in [2.24, 2.45) is 0 Å². The summed E-state index contributed by atoms with van der Waals surface area (Å²) < 4.78 is 5.57. The van der Waals surface area contributed by atoms with Gasteiger partial charge in [-0.15, -0.1) is 0 Å². The Morgan fingerprint density at radius 3 is 2.82 bits per heavy atom. The molecule has 1 aromatic carbocycles. The summed E-state index contributed by atoms with van der Waals surface area (Å²) in [5.74, 6) is 0. The van der Waals surface area contributed by atoms with E-state index in [-0.39, 0.29) is 0 Å². The first kappa shape index (κ1) is 12.2. The molecule has 1 N–H and O–H groups in total. The van der Waals surface area contributed by atoms with Crippen molar-refractivity contribution in [1.29, 1.82) is 0 Å². The highest BCUT2D eigenvalue weighted by molar-refractivity contribution is 5.81. The summed E-state index contributed by atoms with van der Waals surface area (Å²) >= 11 is 0. The maximum absolute atomic E-state index is 5.57. The highest BCUT2D eigenvalue weighted by Crippen LogP contribution is 2.23. The van der Waals surface area contributed by atoms with E-state index in [1.54, 1.807) is 0 Å². The predicted molar refractivity (Wildman–Crippen MR) is 72.2 cm³/mol. The van der Waals surface area contributed by atoms with E-state index >= 15 is 0 Å². The van der Waals surface area contributed by atoms with E-state index in [2.05, 4.69) is 44.3 Å². The van der Waals surface area contributed by atoms with Gasteiger partial charge in [-0.3, -0.25) is 0 Å². The van der Waals surface area contributed by atoms with Gasteiger partial charge in [0.15, 0.2) is 0 Å². The van der Waals surface area contributed by atoms with Gasteiger partial charge in [-0.05, 0) is 24.1 Å². The van der Waals surface area contributed by atoms with Crippen molar-refractivity contribution < 1.29 is 4.42 Å². The fraction of sp³-hybridized carbons (Fsp3) is 0.467. The average Bonchev–Trinajstić information content (AvgIpc) is 2.69. The molecular weight excluding hydrogens is 210 g/mol. The molecule has 0 saturated carbocycles. The van der Waals surface area contributed by atoms with Crippen molar-refractivity contribution in [3.63, 3.8) is 0 Å². The quantitative estimate of drug-likeness (QED) is 0.844. The third kappa shape index (κ3) is 2.89. The van der Waals surface area contributed by atoms with Crippen molar-refractivity contribution in [2.75, 3.05) is 0 Å². The Morgan fingerprint density at radius 2 is 2.12 bits per heavy atom. The molecule has 2 heteroatoms. The van der Waals surface area contributed by atoms with Gasteiger partial charge in [-0.2, -0.15) is 0 Å². The van der Waals surface area contributed by atoms with Crippen LogP contribution < -0.4 is 5.32 Å². The first-order chi connectivity index (χ1) is 8.20. The summed E-state index contributed by atoms with van der Waals surface area (Å²) in [6.45, 7) is 7.40. The van der Waals surface area contributed by atoms with Crippen LogP contribution in [0.4, 0.5) is 0 Å². The van der Waals surface area contributed by atoms with Gasteiger partial charge < -0.3 is 9.73 Å². The van der Waals surface area contributed by atoms with E-state index in [0.717, 1.165) is 18.5 Å². The normalized spacial score (nSPS) is 11.5. The van der Waals surface area contributed by atoms with Crippen molar-refractivity contribution in [2.45, 2.75) is 46.2 Å². The van der Waals surface area contributed by atoms with Crippen molar-refractivity contribution >= 4 is 11.0 Å². The second kappa shape index (κ2) is 5.37. The summed E-state index contributed by atoms with van der Waals surface area (Å²) in [6.07, 6.45) is 4.19. The smallest absolute Gasteiger partial charge is 0.134 e. The Morgan fingerprint density at radius 1 is 1.29 bits per heavy atom. The summed E-state index contributed by atoms with van der Waals surface area (Å²) in [5, 5.41) is 4.69. The Balaban J connectivity index is 2.26. The van der Waals surface area contributed by atoms with Crippen molar-refractivity contribution in [1.82, 2.24) is 5.32 Å². The molecule has 0 bridgehead atoms. The monoisotopic (exact) mass is 231 g/mol. The zero-order valence-electron chi connectivity index (χ0n) is 10.9. The van der Waals surface area contributed by atoms with E-state index in [1.165, 1.54) is 22.9 Å². The minimum Gasteiger partial charge on any atom is -0.464 e. The lowest BCUT2D eigenvalue weighted by Gasteiger charge is -2.06. The predicted octanol–water partition coefficient (Wildman–Crippen LogP) is 3.88. The number of furan rings is 1. The van der Waals surface area contributed by atoms with Crippen LogP contribution in [0.15, 0.2) is 28.9 Å². The first-order valence-corrected chi connectivity index (χ1v) is 6.43. The van der Waals surface area contributed by atoms with Crippen molar-refractivity contribution in [3.8, 4) is 0 Å². The maximum Gasteiger partial charge on any atom is 0.134 e. The number of rotatable bonds is 5. The van der Waals surface area contributed by atoms with Crippen molar-refractivity contribution in [3.05, 3.63) is 35.6 Å². The molecule has 0 radical (unpaired) electrons. The molecule has 0 spiro atoms. The summed E-state index contributed by atoms with van der Waals surface area (Å²) in [7, 11) is 0. The van der Waals surface area contributed by atoms with E-state index in [1.807, 2.05) is 6.26 Å². The van der Waals surface area contributed by atoms with Crippen LogP contribution in [-0.2, 0) is 13.0 Å². The van der Waals surface area contributed by atoms with Crippen LogP contribution in [0.25, 0.3) is 11.0 Å². The van der Waals surface area contributed by atoms with Crippen LogP contribution in [0.5, 0.6) is 0 Å². The zero-order valence-corrected chi connectivity index (χ0v) is 10.9. The molecule has 0 aliphatic rings. The van der Waals surface area contributed by atoms with Gasteiger partial charge in [0.05, 0.1) is 6.26 Å². The fourth-order valence-electron chi connectivity index (χ4n) is 2.02. The van der Waals surface area contributed by atoms with Gasteiger partial charge in [0.2, 0.25) is 0 Å². The minimum absolute atomic E-state index is 0.499. The van der Waals surface area contributed by atoms with Gasteiger partial charge in [0.25, 0.3) is 0 Å². The van der Waals surface area contributed by atoms with E-state index in [9.17, 15) is 0 Å². The lowest BCUT2D eigenvalue weighted by atomic mass is 10.1. The number of benzene rings is 1. The molecule has 2 rings (SSSR count). The number of hydrogen-bond acceptors (Lipinski definition) is 2. The summed E-state index contributed by atoms with van der Waals surface area (Å²) in [6, 6.07) is 7.01. The standard InChI is InChI=1S/C15H21NO/c1-4-5-12-6-7-15-14(8-12)13(10-17-15)9-16-11(2)3/h6-8,10-11,16H,4-5,9H2,1-3H3. The molecule has 1 heterocycles. The molecular formula is C15H21NO. The van der Waals surface area contributed by atoms with Gasteiger partial charge in [-0.25, -0.2) is 0 Å². The third-order valence-corrected chi connectivity index (χ3v) is 2.96. The number of nitrogens with one attached hydrogen (secondary N) is 1. The lowest BCUT2D eigenvalue weighted by molar-refractivity contribution is 0.572. The molecule has 92 valence electrons. The van der Waals surface area contributed by atoms with Gasteiger partial charge in [0.1, 0.15) is 5.58 Å². The molecule has 0 amide bonds. The SMILES string of the molecule is CCCc1ccc2occ(CNC(C)C)c2c1. The first-order valence-electron chi connectivity index (χ1n) is 6.43. The van der Waals surface area contributed by atoms with Gasteiger partial charge in [0, 0.05) is 23.5 Å². The fourth-order valence-corrected chi connectivity index (χ4v) is 2.02. The Labute approximate surface area is 103 Å². The zero-order chi connectivity index (χ0) is 12.3. The Kier molecular flexibility index (Phi) is 3.85. The molecule has 0 atom stereocenters.